The molecule has 1 heterocycles. The lowest BCUT2D eigenvalue weighted by atomic mass is 9.48. The summed E-state index contributed by atoms with van der Waals surface area (Å²) in [5, 5.41) is 2.36. The van der Waals surface area contributed by atoms with Crippen LogP contribution in [-0.4, -0.2) is 41.4 Å². The Balaban J connectivity index is 1.23. The molecule has 1 saturated heterocycles. The highest BCUT2D eigenvalue weighted by atomic mass is 32.2. The van der Waals surface area contributed by atoms with Crippen molar-refractivity contribution in [1.29, 1.82) is 0 Å². The second-order valence-electron chi connectivity index (χ2n) is 11.4. The quantitative estimate of drug-likeness (QED) is 0.277. The molecule has 39 heavy (non-hydrogen) atoms. The first-order valence-electron chi connectivity index (χ1n) is 13.8. The molecule has 1 aliphatic heterocycles. The van der Waals surface area contributed by atoms with Crippen LogP contribution in [0.5, 0.6) is 5.75 Å². The van der Waals surface area contributed by atoms with Crippen LogP contribution in [0, 0.1) is 17.8 Å². The molecule has 0 atom stereocenters. The number of hydrogen-bond donors (Lipinski definition) is 1. The van der Waals surface area contributed by atoms with E-state index in [-0.39, 0.29) is 12.0 Å². The molecule has 2 aromatic carbocycles. The molecular formula is C31H34N2O4S2. The van der Waals surface area contributed by atoms with Crippen molar-refractivity contribution in [2.45, 2.75) is 55.8 Å². The van der Waals surface area contributed by atoms with Crippen LogP contribution in [0.1, 0.15) is 56.6 Å². The average molecular weight is 563 g/mol. The SMILES string of the molecule is CCOc1ccc(C23CC4CC(CC(C4)C2)C3)cc1/C=C1/SC(=O)N(CC(=O)Nc2cccc(SC)c2)C1=O. The minimum atomic E-state index is -0.444. The number of carbonyl (C=O) groups is 3. The van der Waals surface area contributed by atoms with E-state index < -0.39 is 17.1 Å². The van der Waals surface area contributed by atoms with Gasteiger partial charge in [-0.3, -0.25) is 19.3 Å². The Bertz CT molecular complexity index is 1320. The summed E-state index contributed by atoms with van der Waals surface area (Å²) in [6.07, 6.45) is 11.6. The Labute approximate surface area is 238 Å². The fourth-order valence-corrected chi connectivity index (χ4v) is 8.85. The molecule has 0 aromatic heterocycles. The van der Waals surface area contributed by atoms with Crippen LogP contribution in [0.15, 0.2) is 52.3 Å². The predicted molar refractivity (Wildman–Crippen MR) is 157 cm³/mol. The second-order valence-corrected chi connectivity index (χ2v) is 13.3. The number of thioether (sulfide) groups is 2. The predicted octanol–water partition coefficient (Wildman–Crippen LogP) is 6.95. The van der Waals surface area contributed by atoms with Gasteiger partial charge in [-0.25, -0.2) is 0 Å². The van der Waals surface area contributed by atoms with E-state index in [4.69, 9.17) is 4.74 Å². The van der Waals surface area contributed by atoms with Crippen molar-refractivity contribution in [1.82, 2.24) is 4.90 Å². The molecule has 0 spiro atoms. The van der Waals surface area contributed by atoms with Crippen molar-refractivity contribution >= 4 is 52.3 Å². The number of rotatable bonds is 8. The van der Waals surface area contributed by atoms with Gasteiger partial charge in [0.1, 0.15) is 12.3 Å². The summed E-state index contributed by atoms with van der Waals surface area (Å²) in [6.45, 7) is 2.13. The molecule has 2 aromatic rings. The van der Waals surface area contributed by atoms with Gasteiger partial charge in [0.25, 0.3) is 11.1 Å². The molecule has 0 radical (unpaired) electrons. The fraction of sp³-hybridized carbons (Fsp3) is 0.452. The molecule has 7 rings (SSSR count). The number of benzene rings is 2. The first kappa shape index (κ1) is 26.5. The maximum atomic E-state index is 13.3. The summed E-state index contributed by atoms with van der Waals surface area (Å²) in [6, 6.07) is 13.9. The summed E-state index contributed by atoms with van der Waals surface area (Å²) in [5.74, 6) is 2.35. The molecule has 3 amide bonds. The highest BCUT2D eigenvalue weighted by Crippen LogP contribution is 2.61. The minimum absolute atomic E-state index is 0.215. The average Bonchev–Trinajstić information content (AvgIpc) is 3.16. The number of imide groups is 1. The molecule has 8 heteroatoms. The topological polar surface area (TPSA) is 75.7 Å². The molecule has 0 unspecified atom stereocenters. The Morgan fingerprint density at radius 2 is 1.82 bits per heavy atom. The second kappa shape index (κ2) is 10.7. The molecule has 204 valence electrons. The van der Waals surface area contributed by atoms with Gasteiger partial charge in [0, 0.05) is 16.1 Å². The van der Waals surface area contributed by atoms with Crippen molar-refractivity contribution in [3.63, 3.8) is 0 Å². The summed E-state index contributed by atoms with van der Waals surface area (Å²) >= 11 is 2.46. The molecule has 5 fully saturated rings. The lowest BCUT2D eigenvalue weighted by Crippen LogP contribution is -2.48. The number of amides is 3. The molecule has 5 aliphatic rings. The van der Waals surface area contributed by atoms with E-state index in [1.807, 2.05) is 37.4 Å². The van der Waals surface area contributed by atoms with E-state index in [9.17, 15) is 14.4 Å². The Morgan fingerprint density at radius 1 is 1.10 bits per heavy atom. The summed E-state index contributed by atoms with van der Waals surface area (Å²) in [7, 11) is 0. The van der Waals surface area contributed by atoms with Crippen LogP contribution >= 0.6 is 23.5 Å². The lowest BCUT2D eigenvalue weighted by molar-refractivity contribution is -0.127. The van der Waals surface area contributed by atoms with Crippen molar-refractivity contribution in [2.24, 2.45) is 17.8 Å². The minimum Gasteiger partial charge on any atom is -0.493 e. The lowest BCUT2D eigenvalue weighted by Gasteiger charge is -2.57. The maximum absolute atomic E-state index is 13.3. The highest BCUT2D eigenvalue weighted by Gasteiger charge is 2.51. The van der Waals surface area contributed by atoms with Gasteiger partial charge in [-0.15, -0.1) is 11.8 Å². The molecular weight excluding hydrogens is 528 g/mol. The van der Waals surface area contributed by atoms with Gasteiger partial charge in [-0.05, 0) is 129 Å². The Hall–Kier alpha value is -2.71. The van der Waals surface area contributed by atoms with Crippen LogP contribution < -0.4 is 10.1 Å². The smallest absolute Gasteiger partial charge is 0.294 e. The van der Waals surface area contributed by atoms with Crippen LogP contribution in [0.2, 0.25) is 0 Å². The largest absolute Gasteiger partial charge is 0.493 e. The monoisotopic (exact) mass is 562 g/mol. The van der Waals surface area contributed by atoms with Gasteiger partial charge < -0.3 is 10.1 Å². The van der Waals surface area contributed by atoms with Gasteiger partial charge >= 0.3 is 0 Å². The van der Waals surface area contributed by atoms with Crippen LogP contribution in [0.25, 0.3) is 6.08 Å². The van der Waals surface area contributed by atoms with Crippen molar-refractivity contribution in [3.8, 4) is 5.75 Å². The number of ether oxygens (including phenoxy) is 1. The molecule has 4 saturated carbocycles. The standard InChI is InChI=1S/C31H34N2O4S2/c1-3-37-26-8-7-23(31-15-19-9-20(16-31)11-21(10-19)17-31)12-22(26)13-27-29(35)33(30(36)39-27)18-28(34)32-24-5-4-6-25(14-24)38-2/h4-8,12-14,19-21H,3,9-11,15-18H2,1-2H3,(H,32,34)/b27-13+. The van der Waals surface area contributed by atoms with E-state index in [0.29, 0.717) is 22.9 Å². The summed E-state index contributed by atoms with van der Waals surface area (Å²) in [5.41, 5.74) is 3.01. The number of nitrogens with zero attached hydrogens (tertiary/aromatic N) is 1. The van der Waals surface area contributed by atoms with Crippen molar-refractivity contribution < 1.29 is 19.1 Å². The van der Waals surface area contributed by atoms with Crippen molar-refractivity contribution in [3.05, 3.63) is 58.5 Å². The zero-order valence-corrected chi connectivity index (χ0v) is 24.0. The van der Waals surface area contributed by atoms with Gasteiger partial charge in [0.2, 0.25) is 5.91 Å². The van der Waals surface area contributed by atoms with E-state index >= 15 is 0 Å². The third-order valence-electron chi connectivity index (χ3n) is 8.78. The third kappa shape index (κ3) is 5.25. The Morgan fingerprint density at radius 3 is 2.49 bits per heavy atom. The van der Waals surface area contributed by atoms with Crippen LogP contribution in [-0.2, 0) is 15.0 Å². The zero-order valence-electron chi connectivity index (χ0n) is 22.4. The zero-order chi connectivity index (χ0) is 27.1. The van der Waals surface area contributed by atoms with Gasteiger partial charge in [0.15, 0.2) is 0 Å². The van der Waals surface area contributed by atoms with Gasteiger partial charge in [-0.2, -0.15) is 0 Å². The molecule has 4 bridgehead atoms. The van der Waals surface area contributed by atoms with E-state index in [1.54, 1.807) is 23.9 Å². The van der Waals surface area contributed by atoms with E-state index in [2.05, 4.69) is 17.4 Å². The number of nitrogens with one attached hydrogen (secondary N) is 1. The molecule has 6 nitrogen and oxygen atoms in total. The van der Waals surface area contributed by atoms with Crippen molar-refractivity contribution in [2.75, 3.05) is 24.7 Å². The molecule has 4 aliphatic carbocycles. The highest BCUT2D eigenvalue weighted by molar-refractivity contribution is 8.18. The van der Waals surface area contributed by atoms with Crippen LogP contribution in [0.3, 0.4) is 0 Å². The first-order valence-corrected chi connectivity index (χ1v) is 15.9. The first-order chi connectivity index (χ1) is 18.9. The third-order valence-corrected chi connectivity index (χ3v) is 10.4. The summed E-state index contributed by atoms with van der Waals surface area (Å²) in [4.78, 5) is 41.1. The summed E-state index contributed by atoms with van der Waals surface area (Å²) < 4.78 is 5.93. The van der Waals surface area contributed by atoms with Gasteiger partial charge in [0.05, 0.1) is 11.5 Å². The number of hydrogen-bond acceptors (Lipinski definition) is 6. The number of carbonyl (C=O) groups excluding carboxylic acids is 3. The number of anilines is 1. The van der Waals surface area contributed by atoms with E-state index in [1.165, 1.54) is 44.1 Å². The normalized spacial score (nSPS) is 28.4. The maximum Gasteiger partial charge on any atom is 0.294 e. The Kier molecular flexibility index (Phi) is 7.27. The fourth-order valence-electron chi connectivity index (χ4n) is 7.56. The van der Waals surface area contributed by atoms with E-state index in [0.717, 1.165) is 44.9 Å². The van der Waals surface area contributed by atoms with Crippen LogP contribution in [0.4, 0.5) is 10.5 Å². The molecule has 1 N–H and O–H groups in total. The van der Waals surface area contributed by atoms with Gasteiger partial charge in [-0.1, -0.05) is 12.1 Å².